The second-order valence-electron chi connectivity index (χ2n) is 3.49. The molecule has 0 aromatic carbocycles. The van der Waals surface area contributed by atoms with Crippen molar-refractivity contribution in [3.8, 4) is 0 Å². The van der Waals surface area contributed by atoms with Gasteiger partial charge in [-0.3, -0.25) is 10.00 Å². The summed E-state index contributed by atoms with van der Waals surface area (Å²) in [5, 5.41) is 7.11. The van der Waals surface area contributed by atoms with Gasteiger partial charge in [0.25, 0.3) is 0 Å². The van der Waals surface area contributed by atoms with Crippen LogP contribution in [0.2, 0.25) is 0 Å². The molecule has 0 amide bonds. The number of likely N-dealkylation sites (N-methyl/N-ethyl adjacent to an activating group) is 1. The number of aromatic amines is 1. The first-order chi connectivity index (χ1) is 5.81. The van der Waals surface area contributed by atoms with Crippen molar-refractivity contribution in [1.82, 2.24) is 15.1 Å². The van der Waals surface area contributed by atoms with Crippen LogP contribution in [0.3, 0.4) is 0 Å². The maximum Gasteiger partial charge on any atom is 0.0524 e. The van der Waals surface area contributed by atoms with E-state index >= 15 is 0 Å². The van der Waals surface area contributed by atoms with Crippen LogP contribution in [0.25, 0.3) is 0 Å². The molecule has 2 heterocycles. The van der Waals surface area contributed by atoms with E-state index in [0.29, 0.717) is 6.04 Å². The van der Waals surface area contributed by atoms with Crippen LogP contribution in [0.1, 0.15) is 25.1 Å². The Kier molecular flexibility index (Phi) is 1.89. The van der Waals surface area contributed by atoms with Gasteiger partial charge in [-0.25, -0.2) is 0 Å². The van der Waals surface area contributed by atoms with Crippen LogP contribution in [0.4, 0.5) is 0 Å². The molecule has 3 nitrogen and oxygen atoms in total. The third-order valence-electron chi connectivity index (χ3n) is 2.71. The molecule has 0 fully saturated rings. The Balaban J connectivity index is 2.23. The number of nitrogens with zero attached hydrogens (tertiary/aromatic N) is 2. The molecule has 1 atom stereocenters. The predicted molar refractivity (Wildman–Crippen MR) is 47.8 cm³/mol. The van der Waals surface area contributed by atoms with Crippen LogP contribution in [-0.4, -0.2) is 27.7 Å². The summed E-state index contributed by atoms with van der Waals surface area (Å²) in [5.74, 6) is 0. The monoisotopic (exact) mass is 165 g/mol. The van der Waals surface area contributed by atoms with Gasteiger partial charge in [-0.05, 0) is 25.5 Å². The van der Waals surface area contributed by atoms with Crippen LogP contribution >= 0.6 is 0 Å². The van der Waals surface area contributed by atoms with E-state index in [2.05, 4.69) is 28.9 Å². The van der Waals surface area contributed by atoms with Gasteiger partial charge in [0.15, 0.2) is 0 Å². The molecule has 66 valence electrons. The number of hydrogen-bond acceptors (Lipinski definition) is 2. The Labute approximate surface area is 72.8 Å². The molecular weight excluding hydrogens is 150 g/mol. The minimum absolute atomic E-state index is 0.667. The summed E-state index contributed by atoms with van der Waals surface area (Å²) in [6, 6.07) is 0.667. The fourth-order valence-corrected chi connectivity index (χ4v) is 1.88. The Bertz CT molecular complexity index is 266. The van der Waals surface area contributed by atoms with Crippen molar-refractivity contribution >= 4 is 0 Å². The molecule has 3 heteroatoms. The van der Waals surface area contributed by atoms with Gasteiger partial charge < -0.3 is 0 Å². The highest BCUT2D eigenvalue weighted by molar-refractivity contribution is 5.20. The molecule has 12 heavy (non-hydrogen) atoms. The van der Waals surface area contributed by atoms with Gasteiger partial charge in [-0.2, -0.15) is 5.10 Å². The summed E-state index contributed by atoms with van der Waals surface area (Å²) in [6.45, 7) is 6.64. The maximum atomic E-state index is 4.06. The molecule has 1 N–H and O–H groups in total. The van der Waals surface area contributed by atoms with Crippen molar-refractivity contribution in [2.75, 3.05) is 6.54 Å². The van der Waals surface area contributed by atoms with Gasteiger partial charge in [0.1, 0.15) is 0 Å². The summed E-state index contributed by atoms with van der Waals surface area (Å²) in [5.41, 5.74) is 2.70. The molecule has 0 saturated heterocycles. The van der Waals surface area contributed by atoms with Crippen LogP contribution in [-0.2, 0) is 13.0 Å². The lowest BCUT2D eigenvalue weighted by Crippen LogP contribution is -2.37. The highest BCUT2D eigenvalue weighted by atomic mass is 15.2. The molecule has 0 aliphatic carbocycles. The lowest BCUT2D eigenvalue weighted by atomic mass is 10.0. The smallest absolute Gasteiger partial charge is 0.0524 e. The molecule has 0 bridgehead atoms. The summed E-state index contributed by atoms with van der Waals surface area (Å²) in [6.07, 6.45) is 3.10. The van der Waals surface area contributed by atoms with E-state index in [1.54, 1.807) is 0 Å². The van der Waals surface area contributed by atoms with Crippen molar-refractivity contribution < 1.29 is 0 Å². The zero-order valence-corrected chi connectivity index (χ0v) is 7.67. The minimum Gasteiger partial charge on any atom is -0.295 e. The van der Waals surface area contributed by atoms with Crippen LogP contribution in [0.5, 0.6) is 0 Å². The van der Waals surface area contributed by atoms with E-state index < -0.39 is 0 Å². The van der Waals surface area contributed by atoms with E-state index in [-0.39, 0.29) is 0 Å². The maximum absolute atomic E-state index is 4.06. The topological polar surface area (TPSA) is 31.9 Å². The summed E-state index contributed by atoms with van der Waals surface area (Å²) in [7, 11) is 0. The molecule has 0 saturated carbocycles. The average Bonchev–Trinajstić information content (AvgIpc) is 2.49. The lowest BCUT2D eigenvalue weighted by molar-refractivity contribution is 0.192. The number of H-pyrrole nitrogens is 1. The molecular formula is C9H15N3. The van der Waals surface area contributed by atoms with Crippen molar-refractivity contribution in [1.29, 1.82) is 0 Å². The molecule has 1 aromatic heterocycles. The first-order valence-corrected chi connectivity index (χ1v) is 4.56. The van der Waals surface area contributed by atoms with Gasteiger partial charge in [0, 0.05) is 12.6 Å². The van der Waals surface area contributed by atoms with Gasteiger partial charge >= 0.3 is 0 Å². The van der Waals surface area contributed by atoms with E-state index in [1.807, 2.05) is 6.20 Å². The molecule has 0 radical (unpaired) electrons. The third kappa shape index (κ3) is 1.14. The van der Waals surface area contributed by atoms with E-state index in [1.165, 1.54) is 11.3 Å². The van der Waals surface area contributed by atoms with Crippen molar-refractivity contribution in [3.05, 3.63) is 17.5 Å². The van der Waals surface area contributed by atoms with Crippen molar-refractivity contribution in [3.63, 3.8) is 0 Å². The zero-order chi connectivity index (χ0) is 8.55. The van der Waals surface area contributed by atoms with Crippen molar-refractivity contribution in [2.24, 2.45) is 0 Å². The van der Waals surface area contributed by atoms with Gasteiger partial charge in [0.2, 0.25) is 0 Å². The molecule has 0 unspecified atom stereocenters. The number of rotatable bonds is 1. The molecule has 0 spiro atoms. The number of hydrogen-bond donors (Lipinski definition) is 1. The van der Waals surface area contributed by atoms with Crippen molar-refractivity contribution in [2.45, 2.75) is 32.9 Å². The third-order valence-corrected chi connectivity index (χ3v) is 2.71. The van der Waals surface area contributed by atoms with E-state index in [9.17, 15) is 0 Å². The Morgan fingerprint density at radius 2 is 2.58 bits per heavy atom. The Morgan fingerprint density at radius 3 is 3.33 bits per heavy atom. The summed E-state index contributed by atoms with van der Waals surface area (Å²) < 4.78 is 0. The first kappa shape index (κ1) is 7.80. The van der Waals surface area contributed by atoms with Crippen LogP contribution in [0.15, 0.2) is 6.20 Å². The molecule has 1 aliphatic rings. The highest BCUT2D eigenvalue weighted by Gasteiger charge is 2.22. The molecule has 2 rings (SSSR count). The number of aromatic nitrogens is 2. The van der Waals surface area contributed by atoms with E-state index in [0.717, 1.165) is 19.5 Å². The van der Waals surface area contributed by atoms with Gasteiger partial charge in [-0.15, -0.1) is 0 Å². The SMILES string of the molecule is CCN1Cc2[nH]ncc2C[C@H]1C. The zero-order valence-electron chi connectivity index (χ0n) is 7.67. The highest BCUT2D eigenvalue weighted by Crippen LogP contribution is 2.20. The van der Waals surface area contributed by atoms with E-state index in [4.69, 9.17) is 0 Å². The van der Waals surface area contributed by atoms with Crippen LogP contribution < -0.4 is 0 Å². The van der Waals surface area contributed by atoms with Gasteiger partial charge in [-0.1, -0.05) is 6.92 Å². The fourth-order valence-electron chi connectivity index (χ4n) is 1.88. The molecule has 1 aliphatic heterocycles. The predicted octanol–water partition coefficient (Wildman–Crippen LogP) is 1.18. The van der Waals surface area contributed by atoms with Gasteiger partial charge in [0.05, 0.1) is 11.9 Å². The summed E-state index contributed by atoms with van der Waals surface area (Å²) >= 11 is 0. The normalized spacial score (nSPS) is 24.0. The quantitative estimate of drug-likeness (QED) is 0.677. The minimum atomic E-state index is 0.667. The fraction of sp³-hybridized carbons (Fsp3) is 0.667. The second-order valence-corrected chi connectivity index (χ2v) is 3.49. The average molecular weight is 165 g/mol. The Morgan fingerprint density at radius 1 is 1.75 bits per heavy atom. The number of fused-ring (bicyclic) bond motifs is 1. The second kappa shape index (κ2) is 2.90. The Hall–Kier alpha value is -0.830. The molecule has 1 aromatic rings. The largest absolute Gasteiger partial charge is 0.295 e. The standard InChI is InChI=1S/C9H15N3/c1-3-12-6-9-8(4-7(12)2)5-10-11-9/h5,7H,3-4,6H2,1-2H3,(H,10,11)/t7-/m1/s1. The first-order valence-electron chi connectivity index (χ1n) is 4.56. The van der Waals surface area contributed by atoms with Crippen LogP contribution in [0, 0.1) is 0 Å². The number of nitrogens with one attached hydrogen (secondary N) is 1. The summed E-state index contributed by atoms with van der Waals surface area (Å²) in [4.78, 5) is 2.46. The lowest BCUT2D eigenvalue weighted by Gasteiger charge is -2.31.